The van der Waals surface area contributed by atoms with E-state index in [0.29, 0.717) is 17.9 Å². The number of anilines is 1. The highest BCUT2D eigenvalue weighted by molar-refractivity contribution is 6.35. The topological polar surface area (TPSA) is 97.2 Å². The number of carbonyl (C=O) groups excluding carboxylic acids is 1. The maximum absolute atomic E-state index is 12.9. The number of benzene rings is 1. The zero-order valence-corrected chi connectivity index (χ0v) is 17.9. The van der Waals surface area contributed by atoms with Crippen molar-refractivity contribution in [2.75, 3.05) is 37.7 Å². The van der Waals surface area contributed by atoms with Crippen LogP contribution in [0.2, 0.25) is 0 Å². The van der Waals surface area contributed by atoms with Crippen LogP contribution in [0.15, 0.2) is 30.5 Å². The molecule has 2 N–H and O–H groups in total. The normalized spacial score (nSPS) is 14.3. The van der Waals surface area contributed by atoms with Crippen molar-refractivity contribution in [3.8, 4) is 6.07 Å². The Hall–Kier alpha value is -2.96. The summed E-state index contributed by atoms with van der Waals surface area (Å²) in [5, 5.41) is 14.2. The van der Waals surface area contributed by atoms with E-state index in [1.807, 2.05) is 38.2 Å². The SMILES string of the molecule is Bc1cnc(C#N)nc1N(CC(C)C)NC(=O)c1ccc(CN2CCNCC2)cc1. The Morgan fingerprint density at radius 3 is 2.67 bits per heavy atom. The molecule has 1 aliphatic heterocycles. The Balaban J connectivity index is 1.71. The fourth-order valence-electron chi connectivity index (χ4n) is 3.39. The van der Waals surface area contributed by atoms with Crippen LogP contribution in [0.25, 0.3) is 0 Å². The molecule has 1 aromatic carbocycles. The average Bonchev–Trinajstić information content (AvgIpc) is 2.74. The third-order valence-electron chi connectivity index (χ3n) is 4.92. The van der Waals surface area contributed by atoms with Gasteiger partial charge < -0.3 is 5.32 Å². The van der Waals surface area contributed by atoms with Gasteiger partial charge in [0.15, 0.2) is 0 Å². The Morgan fingerprint density at radius 1 is 1.33 bits per heavy atom. The van der Waals surface area contributed by atoms with Crippen LogP contribution in [0.3, 0.4) is 0 Å². The predicted octanol–water partition coefficient (Wildman–Crippen LogP) is -0.181. The summed E-state index contributed by atoms with van der Waals surface area (Å²) in [5.41, 5.74) is 5.52. The monoisotopic (exact) mass is 405 g/mol. The van der Waals surface area contributed by atoms with Crippen LogP contribution >= 0.6 is 0 Å². The molecule has 8 nitrogen and oxygen atoms in total. The van der Waals surface area contributed by atoms with E-state index in [2.05, 4.69) is 39.5 Å². The molecule has 0 spiro atoms. The Morgan fingerprint density at radius 2 is 2.03 bits per heavy atom. The quantitative estimate of drug-likeness (QED) is 0.487. The molecule has 0 unspecified atom stereocenters. The van der Waals surface area contributed by atoms with Crippen molar-refractivity contribution in [1.82, 2.24) is 25.6 Å². The van der Waals surface area contributed by atoms with Gasteiger partial charge in [0.2, 0.25) is 5.82 Å². The fourth-order valence-corrected chi connectivity index (χ4v) is 3.39. The molecule has 0 radical (unpaired) electrons. The van der Waals surface area contributed by atoms with E-state index in [4.69, 9.17) is 5.26 Å². The summed E-state index contributed by atoms with van der Waals surface area (Å²) in [4.78, 5) is 23.6. The molecule has 0 bridgehead atoms. The third kappa shape index (κ3) is 5.78. The van der Waals surface area contributed by atoms with E-state index in [-0.39, 0.29) is 17.6 Å². The fraction of sp³-hybridized carbons (Fsp3) is 0.429. The van der Waals surface area contributed by atoms with Crippen molar-refractivity contribution in [2.24, 2.45) is 5.92 Å². The lowest BCUT2D eigenvalue weighted by atomic mass is 9.98. The summed E-state index contributed by atoms with van der Waals surface area (Å²) in [6.45, 7) is 9.68. The van der Waals surface area contributed by atoms with Crippen molar-refractivity contribution in [1.29, 1.82) is 5.26 Å². The molecule has 0 saturated carbocycles. The number of hydrazine groups is 1. The molecule has 0 aliphatic carbocycles. The molecular formula is C21H28BN7O. The smallest absolute Gasteiger partial charge is 0.269 e. The number of aromatic nitrogens is 2. The van der Waals surface area contributed by atoms with Crippen LogP contribution in [-0.4, -0.2) is 61.3 Å². The first-order valence-corrected chi connectivity index (χ1v) is 10.3. The molecule has 2 aromatic rings. The number of piperazine rings is 1. The molecule has 156 valence electrons. The average molecular weight is 405 g/mol. The van der Waals surface area contributed by atoms with Gasteiger partial charge >= 0.3 is 0 Å². The first-order valence-electron chi connectivity index (χ1n) is 10.3. The van der Waals surface area contributed by atoms with Crippen LogP contribution in [0.4, 0.5) is 5.82 Å². The van der Waals surface area contributed by atoms with Crippen LogP contribution in [0, 0.1) is 17.2 Å². The van der Waals surface area contributed by atoms with Gasteiger partial charge in [0.25, 0.3) is 5.91 Å². The third-order valence-corrected chi connectivity index (χ3v) is 4.92. The first kappa shape index (κ1) is 21.7. The zero-order chi connectivity index (χ0) is 21.5. The second-order valence-corrected chi connectivity index (χ2v) is 7.98. The largest absolute Gasteiger partial charge is 0.314 e. The summed E-state index contributed by atoms with van der Waals surface area (Å²) in [6.07, 6.45) is 1.60. The second kappa shape index (κ2) is 10.2. The van der Waals surface area contributed by atoms with Crippen molar-refractivity contribution in [3.63, 3.8) is 0 Å². The number of nitrogens with zero attached hydrogens (tertiary/aromatic N) is 5. The summed E-state index contributed by atoms with van der Waals surface area (Å²) >= 11 is 0. The summed E-state index contributed by atoms with van der Waals surface area (Å²) in [5.74, 6) is 0.697. The van der Waals surface area contributed by atoms with Crippen molar-refractivity contribution < 1.29 is 4.79 Å². The minimum Gasteiger partial charge on any atom is -0.314 e. The van der Waals surface area contributed by atoms with Crippen LogP contribution in [0.1, 0.15) is 35.6 Å². The maximum Gasteiger partial charge on any atom is 0.269 e. The van der Waals surface area contributed by atoms with E-state index in [0.717, 1.165) is 38.2 Å². The second-order valence-electron chi connectivity index (χ2n) is 7.98. The van der Waals surface area contributed by atoms with Crippen LogP contribution in [0.5, 0.6) is 0 Å². The molecular weight excluding hydrogens is 377 g/mol. The molecule has 9 heteroatoms. The van der Waals surface area contributed by atoms with E-state index in [9.17, 15) is 4.79 Å². The number of amides is 1. The van der Waals surface area contributed by atoms with Gasteiger partial charge in [-0.2, -0.15) is 5.26 Å². The Labute approximate surface area is 178 Å². The van der Waals surface area contributed by atoms with E-state index >= 15 is 0 Å². The molecule has 2 heterocycles. The van der Waals surface area contributed by atoms with Crippen LogP contribution < -0.4 is 21.2 Å². The number of rotatable bonds is 7. The van der Waals surface area contributed by atoms with Gasteiger partial charge in [-0.3, -0.25) is 20.1 Å². The number of hydrogen-bond acceptors (Lipinski definition) is 7. The Kier molecular flexibility index (Phi) is 7.38. The molecule has 3 rings (SSSR count). The predicted molar refractivity (Wildman–Crippen MR) is 119 cm³/mol. The summed E-state index contributed by atoms with van der Waals surface area (Å²) < 4.78 is 0. The molecule has 30 heavy (non-hydrogen) atoms. The zero-order valence-electron chi connectivity index (χ0n) is 17.9. The highest BCUT2D eigenvalue weighted by Gasteiger charge is 2.18. The lowest BCUT2D eigenvalue weighted by Crippen LogP contribution is -2.47. The molecule has 1 fully saturated rings. The van der Waals surface area contributed by atoms with Crippen molar-refractivity contribution >= 4 is 25.0 Å². The molecule has 1 amide bonds. The van der Waals surface area contributed by atoms with Gasteiger partial charge in [-0.15, -0.1) is 0 Å². The lowest BCUT2D eigenvalue weighted by molar-refractivity contribution is 0.0947. The van der Waals surface area contributed by atoms with E-state index in [1.54, 1.807) is 11.2 Å². The lowest BCUT2D eigenvalue weighted by Gasteiger charge is -2.28. The maximum atomic E-state index is 12.9. The molecule has 1 saturated heterocycles. The van der Waals surface area contributed by atoms with Gasteiger partial charge in [0, 0.05) is 51.0 Å². The number of hydrogen-bond donors (Lipinski definition) is 2. The number of carbonyl (C=O) groups is 1. The summed E-state index contributed by atoms with van der Waals surface area (Å²) in [7, 11) is 1.86. The van der Waals surface area contributed by atoms with Gasteiger partial charge in [-0.1, -0.05) is 26.0 Å². The minimum atomic E-state index is -0.208. The van der Waals surface area contributed by atoms with Crippen molar-refractivity contribution in [2.45, 2.75) is 20.4 Å². The van der Waals surface area contributed by atoms with Crippen LogP contribution in [-0.2, 0) is 6.54 Å². The van der Waals surface area contributed by atoms with Gasteiger partial charge in [-0.05, 0) is 29.1 Å². The summed E-state index contributed by atoms with van der Waals surface area (Å²) in [6, 6.07) is 9.68. The molecule has 0 atom stereocenters. The number of nitriles is 1. The number of nitrogens with one attached hydrogen (secondary N) is 2. The molecule has 1 aliphatic rings. The van der Waals surface area contributed by atoms with E-state index < -0.39 is 0 Å². The first-order chi connectivity index (χ1) is 14.5. The standard InChI is InChI=1S/C21H28BN7O/c1-15(2)13-29(20-18(22)12-25-19(11-23)26-20)27-21(30)17-5-3-16(4-6-17)14-28-9-7-24-8-10-28/h3-6,12,15,24H,7-10,13-14,22H2,1-2H3,(H,27,30). The van der Waals surface area contributed by atoms with E-state index in [1.165, 1.54) is 5.56 Å². The molecule has 1 aromatic heterocycles. The highest BCUT2D eigenvalue weighted by atomic mass is 16.2. The van der Waals surface area contributed by atoms with Gasteiger partial charge in [0.05, 0.1) is 0 Å². The highest BCUT2D eigenvalue weighted by Crippen LogP contribution is 2.11. The van der Waals surface area contributed by atoms with Gasteiger partial charge in [0.1, 0.15) is 19.7 Å². The van der Waals surface area contributed by atoms with Crippen molar-refractivity contribution in [3.05, 3.63) is 47.4 Å². The minimum absolute atomic E-state index is 0.0795. The Bertz CT molecular complexity index is 905. The van der Waals surface area contributed by atoms with Gasteiger partial charge in [-0.25, -0.2) is 9.97 Å².